The molecule has 2 aromatic carbocycles. The Morgan fingerprint density at radius 1 is 1.13 bits per heavy atom. The van der Waals surface area contributed by atoms with Crippen LogP contribution in [0.25, 0.3) is 0 Å². The van der Waals surface area contributed by atoms with Crippen molar-refractivity contribution in [2.24, 2.45) is 5.73 Å². The van der Waals surface area contributed by atoms with Crippen LogP contribution in [-0.2, 0) is 26.1 Å². The summed E-state index contributed by atoms with van der Waals surface area (Å²) in [6.45, 7) is 0.341. The van der Waals surface area contributed by atoms with Crippen molar-refractivity contribution in [3.05, 3.63) is 52.0 Å². The Labute approximate surface area is 189 Å². The van der Waals surface area contributed by atoms with Crippen molar-refractivity contribution in [1.82, 2.24) is 5.32 Å². The molecule has 0 radical (unpaired) electrons. The Morgan fingerprint density at radius 3 is 2.48 bits per heavy atom. The third-order valence-electron chi connectivity index (χ3n) is 4.21. The van der Waals surface area contributed by atoms with Gasteiger partial charge in [-0.25, -0.2) is 0 Å². The fourth-order valence-electron chi connectivity index (χ4n) is 2.65. The number of phenolic OH excluding ortho intramolecular Hbond substituents is 1. The zero-order valence-corrected chi connectivity index (χ0v) is 18.5. The molecule has 0 saturated carbocycles. The largest absolute Gasteiger partial charge is 0.504 e. The van der Waals surface area contributed by atoms with Crippen molar-refractivity contribution in [3.8, 4) is 5.75 Å². The van der Waals surface area contributed by atoms with Crippen LogP contribution >= 0.6 is 23.2 Å². The second kappa shape index (κ2) is 10.8. The number of anilines is 1. The van der Waals surface area contributed by atoms with E-state index >= 15 is 0 Å². The summed E-state index contributed by atoms with van der Waals surface area (Å²) in [7, 11) is -4.75. The number of hydrogen-bond donors (Lipinski definition) is 5. The predicted molar refractivity (Wildman–Crippen MR) is 117 cm³/mol. The Balaban J connectivity index is 1.85. The van der Waals surface area contributed by atoms with Gasteiger partial charge in [-0.05, 0) is 42.7 Å². The number of nitrogens with one attached hydrogen (secondary N) is 2. The minimum Gasteiger partial charge on any atom is -0.504 e. The zero-order chi connectivity index (χ0) is 23.2. The van der Waals surface area contributed by atoms with Gasteiger partial charge >= 0.3 is 0 Å². The number of hydrogen-bond acceptors (Lipinski definition) is 6. The van der Waals surface area contributed by atoms with Gasteiger partial charge in [-0.2, -0.15) is 8.42 Å². The van der Waals surface area contributed by atoms with Gasteiger partial charge in [0.05, 0.1) is 11.7 Å². The van der Waals surface area contributed by atoms with Crippen LogP contribution in [0, 0.1) is 0 Å². The maximum absolute atomic E-state index is 12.1. The molecule has 0 spiro atoms. The normalized spacial score (nSPS) is 12.3. The van der Waals surface area contributed by atoms with Crippen molar-refractivity contribution in [3.63, 3.8) is 0 Å². The summed E-state index contributed by atoms with van der Waals surface area (Å²) in [5.74, 6) is -1.93. The maximum Gasteiger partial charge on any atom is 0.298 e. The number of phenols is 1. The smallest absolute Gasteiger partial charge is 0.298 e. The van der Waals surface area contributed by atoms with E-state index in [0.717, 1.165) is 17.7 Å². The van der Waals surface area contributed by atoms with E-state index in [1.807, 2.05) is 6.07 Å². The molecule has 0 aliphatic carbocycles. The van der Waals surface area contributed by atoms with Gasteiger partial charge in [0, 0.05) is 23.0 Å². The van der Waals surface area contributed by atoms with Crippen molar-refractivity contribution in [2.75, 3.05) is 11.9 Å². The molecule has 0 saturated heterocycles. The lowest BCUT2D eigenvalue weighted by Gasteiger charge is -2.13. The first kappa shape index (κ1) is 24.9. The lowest BCUT2D eigenvalue weighted by Crippen LogP contribution is -2.41. The first-order valence-electron chi connectivity index (χ1n) is 9.05. The van der Waals surface area contributed by atoms with Gasteiger partial charge in [0.2, 0.25) is 11.8 Å². The van der Waals surface area contributed by atoms with Gasteiger partial charge < -0.3 is 21.5 Å². The van der Waals surface area contributed by atoms with E-state index in [4.69, 9.17) is 33.5 Å². The van der Waals surface area contributed by atoms with E-state index < -0.39 is 38.6 Å². The highest BCUT2D eigenvalue weighted by Gasteiger charge is 2.21. The molecule has 0 aliphatic heterocycles. The summed E-state index contributed by atoms with van der Waals surface area (Å²) in [6, 6.07) is 8.22. The van der Waals surface area contributed by atoms with E-state index in [9.17, 15) is 23.1 Å². The molecule has 2 rings (SSSR count). The maximum atomic E-state index is 12.1. The van der Waals surface area contributed by atoms with Crippen LogP contribution in [0.3, 0.4) is 0 Å². The highest BCUT2D eigenvalue weighted by Crippen LogP contribution is 2.34. The molecule has 0 bridgehead atoms. The van der Waals surface area contributed by atoms with E-state index in [-0.39, 0.29) is 23.6 Å². The van der Waals surface area contributed by atoms with E-state index in [0.29, 0.717) is 18.0 Å². The number of rotatable bonds is 9. The third kappa shape index (κ3) is 7.67. The number of benzene rings is 2. The van der Waals surface area contributed by atoms with Gasteiger partial charge in [0.25, 0.3) is 10.1 Å². The van der Waals surface area contributed by atoms with Gasteiger partial charge in [-0.1, -0.05) is 35.3 Å². The topological polar surface area (TPSA) is 159 Å². The van der Waals surface area contributed by atoms with Crippen LogP contribution in [-0.4, -0.2) is 42.5 Å². The Morgan fingerprint density at radius 2 is 1.84 bits per heavy atom. The van der Waals surface area contributed by atoms with Crippen molar-refractivity contribution < 1.29 is 27.7 Å². The number of carbonyl (C=O) groups excluding carboxylic acids is 2. The molecule has 12 heteroatoms. The Hall–Kier alpha value is -2.37. The third-order valence-corrected chi connectivity index (χ3v) is 5.53. The summed E-state index contributed by atoms with van der Waals surface area (Å²) < 4.78 is 31.7. The molecular weight excluding hydrogens is 469 g/mol. The number of amides is 2. The molecule has 9 nitrogen and oxygen atoms in total. The molecule has 31 heavy (non-hydrogen) atoms. The van der Waals surface area contributed by atoms with Gasteiger partial charge in [0.1, 0.15) is 4.90 Å². The average Bonchev–Trinajstić information content (AvgIpc) is 2.67. The van der Waals surface area contributed by atoms with Gasteiger partial charge in [-0.15, -0.1) is 0 Å². The highest BCUT2D eigenvalue weighted by atomic mass is 35.5. The molecule has 168 valence electrons. The van der Waals surface area contributed by atoms with E-state index in [1.165, 1.54) is 0 Å². The number of nitrogens with two attached hydrogens (primary N) is 1. The van der Waals surface area contributed by atoms with E-state index in [2.05, 4.69) is 10.6 Å². The molecule has 0 aromatic heterocycles. The lowest BCUT2D eigenvalue weighted by molar-refractivity contribution is -0.122. The standard InChI is InChI=1S/C19H21Cl2N3O6S/c20-12-3-1-2-11(8-12)6-7-23-19(27)14(22)4-5-17(25)24-15-9-13(21)10-16(18(15)26)31(28,29)30/h1-3,8-10,14,26H,4-7,22H2,(H,23,27)(H,24,25)(H,28,29,30)/t14-/m0/s1. The quantitative estimate of drug-likeness (QED) is 0.267. The second-order valence-corrected chi connectivity index (χ2v) is 8.90. The number of aromatic hydroxyl groups is 1. The Kier molecular flexibility index (Phi) is 8.66. The highest BCUT2D eigenvalue weighted by molar-refractivity contribution is 7.86. The molecule has 2 aromatic rings. The van der Waals surface area contributed by atoms with Crippen LogP contribution in [0.2, 0.25) is 10.0 Å². The second-order valence-electron chi connectivity index (χ2n) is 6.64. The first-order chi connectivity index (χ1) is 14.5. The summed E-state index contributed by atoms with van der Waals surface area (Å²) >= 11 is 11.7. The average molecular weight is 490 g/mol. The molecule has 0 fully saturated rings. The molecule has 2 amide bonds. The van der Waals surface area contributed by atoms with Gasteiger partial charge in [0.15, 0.2) is 5.75 Å². The first-order valence-corrected chi connectivity index (χ1v) is 11.2. The van der Waals surface area contributed by atoms with Gasteiger partial charge in [-0.3, -0.25) is 14.1 Å². The van der Waals surface area contributed by atoms with Crippen LogP contribution in [0.5, 0.6) is 5.75 Å². The molecule has 0 aliphatic rings. The molecule has 0 heterocycles. The van der Waals surface area contributed by atoms with Crippen LogP contribution < -0.4 is 16.4 Å². The number of halogens is 2. The Bertz CT molecular complexity index is 1080. The molecule has 0 unspecified atom stereocenters. The van der Waals surface area contributed by atoms with E-state index in [1.54, 1.807) is 18.2 Å². The fraction of sp³-hybridized carbons (Fsp3) is 0.263. The minimum absolute atomic E-state index is 0.00130. The SMILES string of the molecule is N[C@@H](CCC(=O)Nc1cc(Cl)cc(S(=O)(=O)O)c1O)C(=O)NCCc1cccc(Cl)c1. The molecular formula is C19H21Cl2N3O6S. The minimum atomic E-state index is -4.75. The van der Waals surface area contributed by atoms with Crippen molar-refractivity contribution >= 4 is 50.8 Å². The van der Waals surface area contributed by atoms with Crippen molar-refractivity contribution in [1.29, 1.82) is 0 Å². The molecule has 1 atom stereocenters. The van der Waals surface area contributed by atoms with Crippen LogP contribution in [0.15, 0.2) is 41.3 Å². The van der Waals surface area contributed by atoms with Crippen LogP contribution in [0.4, 0.5) is 5.69 Å². The fourth-order valence-corrected chi connectivity index (χ4v) is 3.78. The summed E-state index contributed by atoms with van der Waals surface area (Å²) in [6.07, 6.45) is 0.376. The van der Waals surface area contributed by atoms with Crippen molar-refractivity contribution in [2.45, 2.75) is 30.2 Å². The summed E-state index contributed by atoms with van der Waals surface area (Å²) in [5, 5.41) is 15.4. The number of carbonyl (C=O) groups is 2. The summed E-state index contributed by atoms with van der Waals surface area (Å²) in [4.78, 5) is 23.4. The predicted octanol–water partition coefficient (Wildman–Crippen LogP) is 2.35. The lowest BCUT2D eigenvalue weighted by atomic mass is 10.1. The zero-order valence-electron chi connectivity index (χ0n) is 16.1. The molecule has 6 N–H and O–H groups in total. The van der Waals surface area contributed by atoms with Crippen LogP contribution in [0.1, 0.15) is 18.4 Å². The summed E-state index contributed by atoms with van der Waals surface area (Å²) in [5.41, 5.74) is 6.45. The monoisotopic (exact) mass is 489 g/mol.